The Morgan fingerprint density at radius 1 is 1.10 bits per heavy atom. The number of benzene rings is 2. The topological polar surface area (TPSA) is 74.3 Å². The highest BCUT2D eigenvalue weighted by Crippen LogP contribution is 2.25. The maximum absolute atomic E-state index is 12.8. The zero-order valence-corrected chi connectivity index (χ0v) is 18.3. The molecule has 0 saturated heterocycles. The fourth-order valence-corrected chi connectivity index (χ4v) is 3.86. The molecule has 0 radical (unpaired) electrons. The van der Waals surface area contributed by atoms with Gasteiger partial charge in [-0.25, -0.2) is 14.3 Å². The van der Waals surface area contributed by atoms with Gasteiger partial charge in [0.15, 0.2) is 0 Å². The molecule has 0 aliphatic rings. The molecular formula is C23H18Cl2N2O4. The molecule has 4 aromatic rings. The number of carbonyl (C=O) groups is 1. The first-order chi connectivity index (χ1) is 14.8. The van der Waals surface area contributed by atoms with E-state index in [1.54, 1.807) is 19.1 Å². The van der Waals surface area contributed by atoms with Gasteiger partial charge in [0.1, 0.15) is 22.9 Å². The summed E-state index contributed by atoms with van der Waals surface area (Å²) in [4.78, 5) is 24.7. The summed E-state index contributed by atoms with van der Waals surface area (Å²) in [5, 5.41) is 5.81. The van der Waals surface area contributed by atoms with E-state index in [1.807, 2.05) is 37.3 Å². The minimum atomic E-state index is -0.624. The lowest BCUT2D eigenvalue weighted by atomic mass is 10.1. The van der Waals surface area contributed by atoms with Crippen LogP contribution in [0.4, 0.5) is 0 Å². The molecule has 0 amide bonds. The van der Waals surface area contributed by atoms with Crippen molar-refractivity contribution in [3.63, 3.8) is 0 Å². The Labute approximate surface area is 188 Å². The molecule has 2 aromatic carbocycles. The summed E-state index contributed by atoms with van der Waals surface area (Å²) in [7, 11) is 0. The number of halogens is 2. The number of hydrogen-bond acceptors (Lipinski definition) is 5. The molecule has 0 aliphatic carbocycles. The van der Waals surface area contributed by atoms with Crippen LogP contribution in [0.25, 0.3) is 11.0 Å². The van der Waals surface area contributed by atoms with Crippen molar-refractivity contribution in [1.82, 2.24) is 9.78 Å². The summed E-state index contributed by atoms with van der Waals surface area (Å²) in [5.74, 6) is -0.624. The van der Waals surface area contributed by atoms with E-state index in [4.69, 9.17) is 32.4 Å². The van der Waals surface area contributed by atoms with Crippen molar-refractivity contribution in [2.75, 3.05) is 0 Å². The van der Waals surface area contributed by atoms with Gasteiger partial charge in [0.25, 0.3) is 0 Å². The maximum atomic E-state index is 12.8. The first-order valence-electron chi connectivity index (χ1n) is 9.50. The van der Waals surface area contributed by atoms with Crippen molar-refractivity contribution in [2.24, 2.45) is 0 Å². The maximum Gasteiger partial charge on any atom is 0.343 e. The molecule has 31 heavy (non-hydrogen) atoms. The highest BCUT2D eigenvalue weighted by molar-refractivity contribution is 6.33. The Balaban J connectivity index is 1.57. The zero-order chi connectivity index (χ0) is 22.1. The summed E-state index contributed by atoms with van der Waals surface area (Å²) in [5.41, 5.74) is 2.89. The Bertz CT molecular complexity index is 1360. The lowest BCUT2D eigenvalue weighted by Crippen LogP contribution is -2.09. The Hall–Kier alpha value is -3.09. The Kier molecular flexibility index (Phi) is 5.85. The van der Waals surface area contributed by atoms with E-state index in [9.17, 15) is 9.59 Å². The molecule has 0 aliphatic heterocycles. The van der Waals surface area contributed by atoms with E-state index in [1.165, 1.54) is 10.7 Å². The first-order valence-corrected chi connectivity index (χ1v) is 10.3. The van der Waals surface area contributed by atoms with Crippen molar-refractivity contribution in [1.29, 1.82) is 0 Å². The molecule has 0 saturated carbocycles. The molecule has 8 heteroatoms. The smallest absolute Gasteiger partial charge is 0.343 e. The van der Waals surface area contributed by atoms with Gasteiger partial charge in [0, 0.05) is 22.0 Å². The minimum absolute atomic E-state index is 0.102. The SMILES string of the molecule is Cc1ccc2c(COC(=O)c3c(C)nn(Cc4ccccc4Cl)c3Cl)cc(=O)oc2c1. The third-order valence-corrected chi connectivity index (χ3v) is 5.64. The number of fused-ring (bicyclic) bond motifs is 1. The van der Waals surface area contributed by atoms with Gasteiger partial charge in [0.2, 0.25) is 0 Å². The number of carbonyl (C=O) groups excluding carboxylic acids is 1. The summed E-state index contributed by atoms with van der Waals surface area (Å²) < 4.78 is 12.2. The van der Waals surface area contributed by atoms with Gasteiger partial charge in [-0.1, -0.05) is 53.5 Å². The molecule has 0 unspecified atom stereocenters. The standard InChI is InChI=1S/C23H18Cl2N2O4/c1-13-7-8-17-16(10-20(28)31-19(17)9-13)12-30-23(29)21-14(2)26-27(22(21)25)11-15-5-3-4-6-18(15)24/h3-10H,11-12H2,1-2H3. The summed E-state index contributed by atoms with van der Waals surface area (Å²) in [6, 6.07) is 14.1. The highest BCUT2D eigenvalue weighted by atomic mass is 35.5. The van der Waals surface area contributed by atoms with Crippen LogP contribution in [-0.4, -0.2) is 15.7 Å². The highest BCUT2D eigenvalue weighted by Gasteiger charge is 2.22. The van der Waals surface area contributed by atoms with Crippen LogP contribution in [0.3, 0.4) is 0 Å². The van der Waals surface area contributed by atoms with Crippen molar-refractivity contribution < 1.29 is 13.9 Å². The van der Waals surface area contributed by atoms with Crippen LogP contribution in [0.5, 0.6) is 0 Å². The lowest BCUT2D eigenvalue weighted by molar-refractivity contribution is 0.0473. The van der Waals surface area contributed by atoms with Crippen molar-refractivity contribution in [3.8, 4) is 0 Å². The predicted octanol–water partition coefficient (Wildman–Crippen LogP) is 5.32. The zero-order valence-electron chi connectivity index (χ0n) is 16.8. The van der Waals surface area contributed by atoms with E-state index >= 15 is 0 Å². The number of aromatic nitrogens is 2. The van der Waals surface area contributed by atoms with Crippen LogP contribution in [0, 0.1) is 13.8 Å². The molecule has 2 aromatic heterocycles. The van der Waals surface area contributed by atoms with Gasteiger partial charge in [-0.15, -0.1) is 0 Å². The molecule has 0 atom stereocenters. The van der Waals surface area contributed by atoms with Crippen molar-refractivity contribution >= 4 is 40.1 Å². The molecule has 6 nitrogen and oxygen atoms in total. The van der Waals surface area contributed by atoms with Gasteiger partial charge in [-0.3, -0.25) is 0 Å². The van der Waals surface area contributed by atoms with Crippen LogP contribution < -0.4 is 5.63 Å². The second-order valence-corrected chi connectivity index (χ2v) is 7.93. The number of hydrogen-bond donors (Lipinski definition) is 0. The minimum Gasteiger partial charge on any atom is -0.457 e. The van der Waals surface area contributed by atoms with E-state index in [2.05, 4.69) is 5.10 Å². The van der Waals surface area contributed by atoms with Crippen LogP contribution in [0.15, 0.2) is 57.7 Å². The molecule has 2 heterocycles. The third-order valence-electron chi connectivity index (χ3n) is 4.89. The number of aryl methyl sites for hydroxylation is 2. The van der Waals surface area contributed by atoms with Crippen LogP contribution in [0.1, 0.15) is 32.7 Å². The second-order valence-electron chi connectivity index (χ2n) is 7.17. The van der Waals surface area contributed by atoms with Crippen molar-refractivity contribution in [2.45, 2.75) is 27.0 Å². The monoisotopic (exact) mass is 456 g/mol. The Morgan fingerprint density at radius 2 is 1.87 bits per heavy atom. The van der Waals surface area contributed by atoms with Gasteiger partial charge >= 0.3 is 11.6 Å². The second kappa shape index (κ2) is 8.57. The van der Waals surface area contributed by atoms with E-state index in [0.29, 0.717) is 33.8 Å². The summed E-state index contributed by atoms with van der Waals surface area (Å²) in [6.45, 7) is 3.80. The molecule has 0 spiro atoms. The molecule has 158 valence electrons. The van der Waals surface area contributed by atoms with Gasteiger partial charge in [-0.05, 0) is 37.1 Å². The van der Waals surface area contributed by atoms with Gasteiger partial charge in [-0.2, -0.15) is 5.10 Å². The van der Waals surface area contributed by atoms with E-state index in [0.717, 1.165) is 11.1 Å². The predicted molar refractivity (Wildman–Crippen MR) is 119 cm³/mol. The summed E-state index contributed by atoms with van der Waals surface area (Å²) in [6.07, 6.45) is 0. The first kappa shape index (κ1) is 21.2. The number of esters is 1. The fourth-order valence-electron chi connectivity index (χ4n) is 3.35. The molecule has 0 fully saturated rings. The van der Waals surface area contributed by atoms with Crippen LogP contribution in [0.2, 0.25) is 10.2 Å². The largest absolute Gasteiger partial charge is 0.457 e. The molecule has 4 rings (SSSR count). The number of nitrogens with zero attached hydrogens (tertiary/aromatic N) is 2. The normalized spacial score (nSPS) is 11.1. The average molecular weight is 457 g/mol. The van der Waals surface area contributed by atoms with Crippen molar-refractivity contribution in [3.05, 3.63) is 97.1 Å². The lowest BCUT2D eigenvalue weighted by Gasteiger charge is -2.08. The van der Waals surface area contributed by atoms with E-state index < -0.39 is 11.6 Å². The molecule has 0 N–H and O–H groups in total. The number of rotatable bonds is 5. The van der Waals surface area contributed by atoms with Crippen LogP contribution in [-0.2, 0) is 17.9 Å². The van der Waals surface area contributed by atoms with E-state index in [-0.39, 0.29) is 17.3 Å². The van der Waals surface area contributed by atoms with Gasteiger partial charge in [0.05, 0.1) is 12.2 Å². The summed E-state index contributed by atoms with van der Waals surface area (Å²) >= 11 is 12.7. The Morgan fingerprint density at radius 3 is 2.65 bits per heavy atom. The molecular weight excluding hydrogens is 439 g/mol. The quantitative estimate of drug-likeness (QED) is 0.300. The van der Waals surface area contributed by atoms with Crippen LogP contribution >= 0.6 is 23.2 Å². The molecule has 0 bridgehead atoms. The fraction of sp³-hybridized carbons (Fsp3) is 0.174. The van der Waals surface area contributed by atoms with Gasteiger partial charge < -0.3 is 9.15 Å². The number of ether oxygens (including phenoxy) is 1. The third kappa shape index (κ3) is 4.36. The average Bonchev–Trinajstić information content (AvgIpc) is 3.00.